The van der Waals surface area contributed by atoms with Gasteiger partial charge < -0.3 is 14.4 Å². The molecule has 150 valence electrons. The van der Waals surface area contributed by atoms with Gasteiger partial charge in [0.25, 0.3) is 0 Å². The van der Waals surface area contributed by atoms with Crippen LogP contribution in [-0.4, -0.2) is 50.8 Å². The first-order chi connectivity index (χ1) is 13.6. The number of aromatic nitrogens is 2. The topological polar surface area (TPSA) is 58.4 Å². The number of benzene rings is 1. The van der Waals surface area contributed by atoms with Gasteiger partial charge in [-0.05, 0) is 44.2 Å². The van der Waals surface area contributed by atoms with E-state index in [4.69, 9.17) is 4.98 Å². The monoisotopic (exact) mass is 382 g/mol. The molecule has 28 heavy (non-hydrogen) atoms. The van der Waals surface area contributed by atoms with E-state index in [0.29, 0.717) is 6.54 Å². The molecule has 0 spiro atoms. The molecule has 2 aliphatic heterocycles. The number of likely N-dealkylation sites (tertiary alicyclic amines) is 2. The van der Waals surface area contributed by atoms with Gasteiger partial charge in [-0.25, -0.2) is 4.98 Å². The summed E-state index contributed by atoms with van der Waals surface area (Å²) >= 11 is 0. The molecule has 2 saturated heterocycles. The smallest absolute Gasteiger partial charge is 0.242 e. The van der Waals surface area contributed by atoms with Gasteiger partial charge in [-0.15, -0.1) is 0 Å². The Morgan fingerprint density at radius 3 is 2.57 bits per heavy atom. The van der Waals surface area contributed by atoms with Gasteiger partial charge in [-0.2, -0.15) is 0 Å². The van der Waals surface area contributed by atoms with E-state index in [2.05, 4.69) is 4.57 Å². The van der Waals surface area contributed by atoms with Crippen LogP contribution in [0.3, 0.4) is 0 Å². The van der Waals surface area contributed by atoms with Crippen LogP contribution >= 0.6 is 0 Å². The minimum atomic E-state index is -0.0449. The first-order valence-corrected chi connectivity index (χ1v) is 10.6. The summed E-state index contributed by atoms with van der Waals surface area (Å²) < 4.78 is 2.06. The van der Waals surface area contributed by atoms with Crippen LogP contribution in [0.4, 0.5) is 0 Å². The fourth-order valence-electron chi connectivity index (χ4n) is 4.52. The van der Waals surface area contributed by atoms with Gasteiger partial charge in [0.1, 0.15) is 12.4 Å². The summed E-state index contributed by atoms with van der Waals surface area (Å²) in [4.78, 5) is 34.6. The van der Waals surface area contributed by atoms with Crippen molar-refractivity contribution in [2.75, 3.05) is 19.6 Å². The minimum Gasteiger partial charge on any atom is -0.341 e. The fourth-order valence-corrected chi connectivity index (χ4v) is 4.52. The third-order valence-corrected chi connectivity index (χ3v) is 6.01. The van der Waals surface area contributed by atoms with Crippen LogP contribution in [0.25, 0.3) is 11.0 Å². The van der Waals surface area contributed by atoms with Gasteiger partial charge >= 0.3 is 0 Å². The molecule has 0 radical (unpaired) electrons. The molecule has 6 heteroatoms. The summed E-state index contributed by atoms with van der Waals surface area (Å²) in [5.74, 6) is 1.15. The van der Waals surface area contributed by atoms with Crippen LogP contribution in [0.15, 0.2) is 24.3 Å². The van der Waals surface area contributed by atoms with Crippen molar-refractivity contribution in [2.24, 2.45) is 5.92 Å². The first kappa shape index (κ1) is 19.0. The molecule has 1 unspecified atom stereocenters. The maximum atomic E-state index is 13.0. The highest BCUT2D eigenvalue weighted by Gasteiger charge is 2.35. The van der Waals surface area contributed by atoms with Gasteiger partial charge in [-0.3, -0.25) is 9.59 Å². The predicted octanol–water partition coefficient (Wildman–Crippen LogP) is 3.37. The standard InChI is InChI=1S/C22H30N4O2/c1-16(2)22(28)25-14-8-11-19(25)21-23-17-9-4-5-10-18(17)26(21)15-20(27)24-12-6-3-7-13-24/h4-5,9-10,16,19H,3,6-8,11-15H2,1-2H3. The number of rotatable bonds is 4. The molecule has 1 aromatic carbocycles. The summed E-state index contributed by atoms with van der Waals surface area (Å²) in [5.41, 5.74) is 1.87. The molecule has 0 bridgehead atoms. The van der Waals surface area contributed by atoms with Crippen molar-refractivity contribution >= 4 is 22.8 Å². The van der Waals surface area contributed by atoms with E-state index in [-0.39, 0.29) is 23.8 Å². The minimum absolute atomic E-state index is 0.0339. The van der Waals surface area contributed by atoms with Crippen LogP contribution in [0, 0.1) is 5.92 Å². The molecule has 0 saturated carbocycles. The van der Waals surface area contributed by atoms with E-state index in [1.165, 1.54) is 6.42 Å². The van der Waals surface area contributed by atoms with Crippen molar-refractivity contribution in [2.45, 2.75) is 58.5 Å². The van der Waals surface area contributed by atoms with Gasteiger partial charge in [0.2, 0.25) is 11.8 Å². The number of para-hydroxylation sites is 2. The second-order valence-corrected chi connectivity index (χ2v) is 8.33. The number of carbonyl (C=O) groups excluding carboxylic acids is 2. The van der Waals surface area contributed by atoms with Crippen molar-refractivity contribution in [1.82, 2.24) is 19.4 Å². The maximum Gasteiger partial charge on any atom is 0.242 e. The lowest BCUT2D eigenvalue weighted by Crippen LogP contribution is -2.39. The number of piperidine rings is 1. The molecule has 2 fully saturated rings. The van der Waals surface area contributed by atoms with Crippen molar-refractivity contribution in [3.63, 3.8) is 0 Å². The number of hydrogen-bond donors (Lipinski definition) is 0. The lowest BCUT2D eigenvalue weighted by molar-refractivity contribution is -0.135. The molecule has 0 N–H and O–H groups in total. The van der Waals surface area contributed by atoms with E-state index in [0.717, 1.165) is 62.2 Å². The number of nitrogens with zero attached hydrogens (tertiary/aromatic N) is 4. The van der Waals surface area contributed by atoms with Gasteiger partial charge in [-0.1, -0.05) is 26.0 Å². The van der Waals surface area contributed by atoms with Crippen LogP contribution in [0.2, 0.25) is 0 Å². The average molecular weight is 383 g/mol. The molecule has 2 aromatic rings. The van der Waals surface area contributed by atoms with Crippen molar-refractivity contribution < 1.29 is 9.59 Å². The third kappa shape index (κ3) is 3.52. The molecular weight excluding hydrogens is 352 g/mol. The number of carbonyl (C=O) groups is 2. The molecular formula is C22H30N4O2. The number of fused-ring (bicyclic) bond motifs is 1. The highest BCUT2D eigenvalue weighted by Crippen LogP contribution is 2.34. The predicted molar refractivity (Wildman–Crippen MR) is 109 cm³/mol. The van der Waals surface area contributed by atoms with Crippen molar-refractivity contribution in [1.29, 1.82) is 0 Å². The highest BCUT2D eigenvalue weighted by molar-refractivity contribution is 5.82. The van der Waals surface area contributed by atoms with E-state index in [9.17, 15) is 9.59 Å². The summed E-state index contributed by atoms with van der Waals surface area (Å²) in [6, 6.07) is 7.93. The molecule has 6 nitrogen and oxygen atoms in total. The van der Waals surface area contributed by atoms with Crippen LogP contribution in [-0.2, 0) is 16.1 Å². The Kier molecular flexibility index (Phi) is 5.38. The zero-order valence-electron chi connectivity index (χ0n) is 16.9. The quantitative estimate of drug-likeness (QED) is 0.815. The van der Waals surface area contributed by atoms with E-state index in [1.54, 1.807) is 0 Å². The Balaban J connectivity index is 1.69. The first-order valence-electron chi connectivity index (χ1n) is 10.6. The van der Waals surface area contributed by atoms with E-state index < -0.39 is 0 Å². The summed E-state index contributed by atoms with van der Waals surface area (Å²) in [5, 5.41) is 0. The number of amides is 2. The van der Waals surface area contributed by atoms with E-state index in [1.807, 2.05) is 47.9 Å². The molecule has 2 aliphatic rings. The molecule has 1 atom stereocenters. The highest BCUT2D eigenvalue weighted by atomic mass is 16.2. The van der Waals surface area contributed by atoms with Crippen molar-refractivity contribution in [3.05, 3.63) is 30.1 Å². The zero-order chi connectivity index (χ0) is 19.7. The molecule has 1 aromatic heterocycles. The molecule has 0 aliphatic carbocycles. The molecule has 2 amide bonds. The van der Waals surface area contributed by atoms with Gasteiger partial charge in [0, 0.05) is 25.6 Å². The second kappa shape index (κ2) is 7.94. The zero-order valence-corrected chi connectivity index (χ0v) is 16.9. The number of hydrogen-bond acceptors (Lipinski definition) is 3. The Bertz CT molecular complexity index is 867. The Morgan fingerprint density at radius 1 is 1.07 bits per heavy atom. The summed E-state index contributed by atoms with van der Waals surface area (Å²) in [6.45, 7) is 6.66. The van der Waals surface area contributed by atoms with E-state index >= 15 is 0 Å². The van der Waals surface area contributed by atoms with Gasteiger partial charge in [0.15, 0.2) is 0 Å². The number of imidazole rings is 1. The lowest BCUT2D eigenvalue weighted by Gasteiger charge is -2.29. The summed E-state index contributed by atoms with van der Waals surface area (Å²) in [6.07, 6.45) is 5.26. The van der Waals surface area contributed by atoms with Crippen LogP contribution in [0.1, 0.15) is 57.8 Å². The largest absolute Gasteiger partial charge is 0.341 e. The van der Waals surface area contributed by atoms with Gasteiger partial charge in [0.05, 0.1) is 17.1 Å². The Labute approximate surface area is 166 Å². The molecule has 3 heterocycles. The molecule has 4 rings (SSSR count). The normalized spacial score (nSPS) is 20.3. The second-order valence-electron chi connectivity index (χ2n) is 8.33. The Morgan fingerprint density at radius 2 is 1.82 bits per heavy atom. The Hall–Kier alpha value is -2.37. The maximum absolute atomic E-state index is 13.0. The van der Waals surface area contributed by atoms with Crippen LogP contribution < -0.4 is 0 Å². The fraction of sp³-hybridized carbons (Fsp3) is 0.591. The van der Waals surface area contributed by atoms with Crippen LogP contribution in [0.5, 0.6) is 0 Å². The SMILES string of the molecule is CC(C)C(=O)N1CCCC1c1nc2ccccc2n1CC(=O)N1CCCCC1. The summed E-state index contributed by atoms with van der Waals surface area (Å²) in [7, 11) is 0. The van der Waals surface area contributed by atoms with Crippen molar-refractivity contribution in [3.8, 4) is 0 Å². The average Bonchev–Trinajstić information content (AvgIpc) is 3.33. The third-order valence-electron chi connectivity index (χ3n) is 6.01. The lowest BCUT2D eigenvalue weighted by atomic mass is 10.1.